The van der Waals surface area contributed by atoms with Crippen LogP contribution >= 0.6 is 0 Å². The van der Waals surface area contributed by atoms with Crippen molar-refractivity contribution in [3.63, 3.8) is 0 Å². The Hall–Kier alpha value is -4.15. The Balaban J connectivity index is 0.000000566. The molecule has 1 aliphatic heterocycles. The maximum absolute atomic E-state index is 14.6. The fraction of sp³-hybridized carbons (Fsp3) is 0.452. The van der Waals surface area contributed by atoms with Crippen LogP contribution in [0.2, 0.25) is 0 Å². The number of hydrogen-bond donors (Lipinski definition) is 3. The van der Waals surface area contributed by atoms with Gasteiger partial charge in [-0.25, -0.2) is 13.9 Å². The average molecular weight is 617 g/mol. The quantitative estimate of drug-likeness (QED) is 0.287. The Bertz CT molecular complexity index is 1460. The second-order valence-electron chi connectivity index (χ2n) is 11.1. The van der Waals surface area contributed by atoms with Crippen LogP contribution in [0.15, 0.2) is 48.5 Å². The lowest BCUT2D eigenvalue weighted by molar-refractivity contribution is -0.192. The number of aromatic nitrogens is 2. The first-order valence-corrected chi connectivity index (χ1v) is 14.5. The highest BCUT2D eigenvalue weighted by Crippen LogP contribution is 2.31. The van der Waals surface area contributed by atoms with Crippen LogP contribution in [-0.4, -0.2) is 65.9 Å². The number of ether oxygens (including phenoxy) is 1. The van der Waals surface area contributed by atoms with Crippen molar-refractivity contribution in [1.29, 1.82) is 5.26 Å². The topological polar surface area (TPSA) is 129 Å². The van der Waals surface area contributed by atoms with Crippen LogP contribution in [0.25, 0.3) is 16.9 Å². The molecule has 0 unspecified atom stereocenters. The van der Waals surface area contributed by atoms with Gasteiger partial charge in [-0.05, 0) is 68.4 Å². The van der Waals surface area contributed by atoms with Crippen LogP contribution in [-0.2, 0) is 9.53 Å². The largest absolute Gasteiger partial charge is 0.490 e. The maximum atomic E-state index is 14.6. The fourth-order valence-electron chi connectivity index (χ4n) is 5.57. The first-order chi connectivity index (χ1) is 21.0. The van der Waals surface area contributed by atoms with Crippen molar-refractivity contribution in [3.05, 3.63) is 59.9 Å². The molecule has 1 saturated carbocycles. The molecule has 2 aliphatic rings. The van der Waals surface area contributed by atoms with E-state index >= 15 is 0 Å². The molecule has 0 amide bonds. The van der Waals surface area contributed by atoms with Gasteiger partial charge in [-0.1, -0.05) is 18.6 Å². The molecule has 236 valence electrons. The molecule has 1 aromatic heterocycles. The number of anilines is 2. The van der Waals surface area contributed by atoms with Gasteiger partial charge in [0.1, 0.15) is 17.7 Å². The van der Waals surface area contributed by atoms with Crippen molar-refractivity contribution in [2.24, 2.45) is 11.7 Å². The molecule has 3 aromatic rings. The summed E-state index contributed by atoms with van der Waals surface area (Å²) in [5, 5.41) is 24.7. The van der Waals surface area contributed by atoms with E-state index in [2.05, 4.69) is 22.3 Å². The van der Waals surface area contributed by atoms with Crippen LogP contribution in [0.3, 0.4) is 0 Å². The monoisotopic (exact) mass is 616 g/mol. The molecule has 0 radical (unpaired) electrons. The Kier molecular flexibility index (Phi) is 10.8. The van der Waals surface area contributed by atoms with Gasteiger partial charge in [-0.15, -0.1) is 5.10 Å². The predicted octanol–water partition coefficient (Wildman–Crippen LogP) is 5.73. The maximum Gasteiger partial charge on any atom is 0.490 e. The van der Waals surface area contributed by atoms with Gasteiger partial charge < -0.3 is 25.8 Å². The number of aliphatic carboxylic acids is 1. The zero-order valence-electron chi connectivity index (χ0n) is 24.4. The van der Waals surface area contributed by atoms with E-state index in [4.69, 9.17) is 25.5 Å². The molecule has 1 aliphatic carbocycles. The predicted molar refractivity (Wildman–Crippen MR) is 158 cm³/mol. The van der Waals surface area contributed by atoms with Crippen LogP contribution < -0.4 is 16.0 Å². The van der Waals surface area contributed by atoms with Crippen molar-refractivity contribution in [2.45, 2.75) is 56.8 Å². The van der Waals surface area contributed by atoms with E-state index in [1.807, 2.05) is 29.0 Å². The van der Waals surface area contributed by atoms with E-state index in [1.165, 1.54) is 12.1 Å². The molecular formula is C31H36F4N6O3. The summed E-state index contributed by atoms with van der Waals surface area (Å²) in [6, 6.07) is 17.1. The van der Waals surface area contributed by atoms with E-state index in [1.54, 1.807) is 13.2 Å². The summed E-state index contributed by atoms with van der Waals surface area (Å²) < 4.78 is 53.7. The first kappa shape index (κ1) is 32.8. The molecular weight excluding hydrogens is 580 g/mol. The molecule has 2 aromatic carbocycles. The number of benzene rings is 2. The summed E-state index contributed by atoms with van der Waals surface area (Å²) in [7, 11) is 1.78. The number of nitrogens with two attached hydrogens (primary N) is 1. The van der Waals surface area contributed by atoms with Gasteiger partial charge in [-0.3, -0.25) is 0 Å². The van der Waals surface area contributed by atoms with Gasteiger partial charge in [0.2, 0.25) is 0 Å². The Morgan fingerprint density at radius 1 is 1.14 bits per heavy atom. The number of alkyl halides is 3. The zero-order valence-corrected chi connectivity index (χ0v) is 24.4. The van der Waals surface area contributed by atoms with E-state index in [0.717, 1.165) is 81.0 Å². The van der Waals surface area contributed by atoms with E-state index in [0.29, 0.717) is 17.6 Å². The Morgan fingerprint density at radius 2 is 1.84 bits per heavy atom. The van der Waals surface area contributed by atoms with Crippen molar-refractivity contribution < 1.29 is 32.2 Å². The molecule has 0 spiro atoms. The van der Waals surface area contributed by atoms with Gasteiger partial charge in [0.25, 0.3) is 0 Å². The number of nitrogens with one attached hydrogen (secondary N) is 1. The molecule has 2 heterocycles. The van der Waals surface area contributed by atoms with E-state index in [-0.39, 0.29) is 11.6 Å². The zero-order chi connectivity index (χ0) is 31.9. The molecule has 2 fully saturated rings. The van der Waals surface area contributed by atoms with Gasteiger partial charge in [0.05, 0.1) is 23.0 Å². The highest BCUT2D eigenvalue weighted by Gasteiger charge is 2.38. The average Bonchev–Trinajstić information content (AvgIpc) is 3.44. The van der Waals surface area contributed by atoms with Gasteiger partial charge in [0.15, 0.2) is 0 Å². The summed E-state index contributed by atoms with van der Waals surface area (Å²) in [5.41, 5.74) is 9.68. The number of carboxylic acid groups (broad SMARTS) is 1. The van der Waals surface area contributed by atoms with Gasteiger partial charge >= 0.3 is 12.1 Å². The lowest BCUT2D eigenvalue weighted by Gasteiger charge is -2.33. The second kappa shape index (κ2) is 14.5. The molecule has 0 bridgehead atoms. The third-order valence-corrected chi connectivity index (χ3v) is 7.95. The van der Waals surface area contributed by atoms with Crippen molar-refractivity contribution in [3.8, 4) is 23.0 Å². The minimum atomic E-state index is -5.08. The number of nitriles is 1. The highest BCUT2D eigenvalue weighted by molar-refractivity contribution is 5.73. The number of carbonyl (C=O) groups is 1. The van der Waals surface area contributed by atoms with Crippen LogP contribution in [0.5, 0.6) is 0 Å². The lowest BCUT2D eigenvalue weighted by atomic mass is 9.86. The summed E-state index contributed by atoms with van der Waals surface area (Å²) in [6.07, 6.45) is 1.66. The standard InChI is InChI=1S/C29H35FN6O.C2HF3O2/c1-37-26-10-12-35(13-11-26)24-6-3-7-25(16-24)36-28(21-8-9-22(18-31)27(30)15-21)17-29(34-36)33-19-20-4-2-5-23(32)14-20;3-2(4,5)1(6)7/h3,6-9,15-17,20,23,26H,2,4-5,10-14,19,32H2,1H3,(H,33,34);(H,6,7)/t20-,23-;/m0./s1. The number of rotatable bonds is 7. The number of methoxy groups -OCH3 is 1. The smallest absolute Gasteiger partial charge is 0.475 e. The Morgan fingerprint density at radius 3 is 2.45 bits per heavy atom. The first-order valence-electron chi connectivity index (χ1n) is 14.5. The minimum Gasteiger partial charge on any atom is -0.475 e. The molecule has 9 nitrogen and oxygen atoms in total. The molecule has 13 heteroatoms. The van der Waals surface area contributed by atoms with E-state index < -0.39 is 18.0 Å². The summed E-state index contributed by atoms with van der Waals surface area (Å²) >= 11 is 0. The number of nitrogens with zero attached hydrogens (tertiary/aromatic N) is 4. The van der Waals surface area contributed by atoms with Crippen LogP contribution in [0, 0.1) is 23.1 Å². The minimum absolute atomic E-state index is 0.0308. The lowest BCUT2D eigenvalue weighted by Crippen LogP contribution is -2.36. The van der Waals surface area contributed by atoms with Crippen molar-refractivity contribution >= 4 is 17.5 Å². The molecule has 5 rings (SSSR count). The summed E-state index contributed by atoms with van der Waals surface area (Å²) in [4.78, 5) is 11.3. The highest BCUT2D eigenvalue weighted by atomic mass is 19.4. The molecule has 4 N–H and O–H groups in total. The molecule has 2 atom stereocenters. The van der Waals surface area contributed by atoms with Crippen molar-refractivity contribution in [2.75, 3.05) is 37.0 Å². The van der Waals surface area contributed by atoms with Gasteiger partial charge in [-0.2, -0.15) is 18.4 Å². The van der Waals surface area contributed by atoms with Gasteiger partial charge in [0, 0.05) is 50.1 Å². The fourth-order valence-corrected chi connectivity index (χ4v) is 5.57. The number of carboxylic acids is 1. The molecule has 44 heavy (non-hydrogen) atoms. The van der Waals surface area contributed by atoms with Crippen molar-refractivity contribution in [1.82, 2.24) is 9.78 Å². The number of piperidine rings is 1. The van der Waals surface area contributed by atoms with E-state index in [9.17, 15) is 22.8 Å². The summed E-state index contributed by atoms with van der Waals surface area (Å²) in [6.45, 7) is 2.68. The third kappa shape index (κ3) is 8.48. The van der Waals surface area contributed by atoms with Crippen LogP contribution in [0.1, 0.15) is 44.1 Å². The second-order valence-corrected chi connectivity index (χ2v) is 11.1. The summed E-state index contributed by atoms with van der Waals surface area (Å²) in [5.74, 6) is -2.03. The SMILES string of the molecule is COC1CCN(c2cccc(-n3nc(NC[C@H]4CCC[C@H](N)C4)cc3-c3ccc(C#N)c(F)c3)c2)CC1.O=C(O)C(F)(F)F. The number of hydrogen-bond acceptors (Lipinski definition) is 7. The normalized spacial score (nSPS) is 19.1. The third-order valence-electron chi connectivity index (χ3n) is 7.95. The van der Waals surface area contributed by atoms with Crippen LogP contribution in [0.4, 0.5) is 29.1 Å². The number of halogens is 4. The Labute approximate surface area is 253 Å². The molecule has 1 saturated heterocycles.